The van der Waals surface area contributed by atoms with Crippen molar-refractivity contribution in [3.05, 3.63) is 77.7 Å². The van der Waals surface area contributed by atoms with Crippen LogP contribution in [0, 0.1) is 0 Å². The number of hydrogen-bond acceptors (Lipinski definition) is 5. The minimum atomic E-state index is -0.291. The predicted molar refractivity (Wildman–Crippen MR) is 114 cm³/mol. The van der Waals surface area contributed by atoms with E-state index in [4.69, 9.17) is 18.6 Å². The summed E-state index contributed by atoms with van der Waals surface area (Å²) in [5, 5.41) is 2.95. The molecule has 0 aliphatic heterocycles. The minimum absolute atomic E-state index is 0.235. The third kappa shape index (κ3) is 5.56. The smallest absolute Gasteiger partial charge is 0.287 e. The lowest BCUT2D eigenvalue weighted by atomic mass is 10.1. The summed E-state index contributed by atoms with van der Waals surface area (Å²) in [6, 6.07) is 18.3. The molecule has 1 heterocycles. The summed E-state index contributed by atoms with van der Waals surface area (Å²) in [5.74, 6) is 2.63. The van der Waals surface area contributed by atoms with E-state index in [1.54, 1.807) is 12.1 Å². The summed E-state index contributed by atoms with van der Waals surface area (Å²) in [6.07, 6.45) is 0. The molecule has 6 heteroatoms. The summed E-state index contributed by atoms with van der Waals surface area (Å²) in [5.41, 5.74) is 0.912. The van der Waals surface area contributed by atoms with E-state index in [-0.39, 0.29) is 24.3 Å². The van der Waals surface area contributed by atoms with Crippen molar-refractivity contribution in [1.29, 1.82) is 0 Å². The Morgan fingerprint density at radius 3 is 2.40 bits per heavy atom. The third-order valence-electron chi connectivity index (χ3n) is 4.42. The van der Waals surface area contributed by atoms with Crippen molar-refractivity contribution in [2.45, 2.75) is 33.4 Å². The van der Waals surface area contributed by atoms with Crippen molar-refractivity contribution in [1.82, 2.24) is 5.32 Å². The summed E-state index contributed by atoms with van der Waals surface area (Å²) in [7, 11) is 0. The number of nitrogens with one attached hydrogen (secondary N) is 1. The molecule has 0 unspecified atom stereocenters. The summed E-state index contributed by atoms with van der Waals surface area (Å²) >= 11 is 0. The van der Waals surface area contributed by atoms with Crippen molar-refractivity contribution in [3.63, 3.8) is 0 Å². The van der Waals surface area contributed by atoms with Gasteiger partial charge in [0, 0.05) is 0 Å². The Labute approximate surface area is 176 Å². The normalized spacial score (nSPS) is 11.6. The van der Waals surface area contributed by atoms with Crippen LogP contribution in [0.3, 0.4) is 0 Å². The number of benzene rings is 2. The molecule has 1 atom stereocenters. The van der Waals surface area contributed by atoms with Crippen LogP contribution in [0.2, 0.25) is 0 Å². The van der Waals surface area contributed by atoms with Crippen molar-refractivity contribution < 1.29 is 23.4 Å². The topological polar surface area (TPSA) is 69.9 Å². The molecule has 1 amide bonds. The third-order valence-corrected chi connectivity index (χ3v) is 4.42. The summed E-state index contributed by atoms with van der Waals surface area (Å²) < 4.78 is 22.5. The molecule has 6 nitrogen and oxygen atoms in total. The van der Waals surface area contributed by atoms with Crippen molar-refractivity contribution in [3.8, 4) is 17.2 Å². The van der Waals surface area contributed by atoms with Gasteiger partial charge in [-0.2, -0.15) is 0 Å². The van der Waals surface area contributed by atoms with E-state index in [0.717, 1.165) is 11.3 Å². The highest BCUT2D eigenvalue weighted by molar-refractivity contribution is 5.91. The molecular weight excluding hydrogens is 382 g/mol. The number of ether oxygens (including phenoxy) is 3. The first-order valence-corrected chi connectivity index (χ1v) is 10.1. The van der Waals surface area contributed by atoms with Crippen molar-refractivity contribution in [2.24, 2.45) is 0 Å². The maximum atomic E-state index is 12.6. The Kier molecular flexibility index (Phi) is 7.38. The second-order valence-corrected chi connectivity index (χ2v) is 6.64. The lowest BCUT2D eigenvalue weighted by Crippen LogP contribution is -2.26. The molecule has 0 bridgehead atoms. The van der Waals surface area contributed by atoms with Crippen LogP contribution in [-0.2, 0) is 6.61 Å². The van der Waals surface area contributed by atoms with Gasteiger partial charge in [-0.25, -0.2) is 0 Å². The quantitative estimate of drug-likeness (QED) is 0.502. The van der Waals surface area contributed by atoms with E-state index in [2.05, 4.69) is 5.32 Å². The van der Waals surface area contributed by atoms with Gasteiger partial charge in [0.1, 0.15) is 18.1 Å². The molecule has 158 valence electrons. The highest BCUT2D eigenvalue weighted by atomic mass is 16.5. The molecule has 30 heavy (non-hydrogen) atoms. The maximum absolute atomic E-state index is 12.6. The van der Waals surface area contributed by atoms with Crippen LogP contribution in [-0.4, -0.2) is 19.1 Å². The first-order chi connectivity index (χ1) is 14.6. The van der Waals surface area contributed by atoms with E-state index in [1.165, 1.54) is 0 Å². The zero-order valence-corrected chi connectivity index (χ0v) is 17.5. The first-order valence-electron chi connectivity index (χ1n) is 10.1. The zero-order chi connectivity index (χ0) is 21.3. The Morgan fingerprint density at radius 1 is 0.933 bits per heavy atom. The van der Waals surface area contributed by atoms with Gasteiger partial charge in [0.25, 0.3) is 5.91 Å². The Hall–Kier alpha value is -3.41. The van der Waals surface area contributed by atoms with Crippen LogP contribution in [0.4, 0.5) is 0 Å². The highest BCUT2D eigenvalue weighted by Crippen LogP contribution is 2.30. The fourth-order valence-electron chi connectivity index (χ4n) is 2.94. The van der Waals surface area contributed by atoms with Crippen LogP contribution < -0.4 is 19.5 Å². The van der Waals surface area contributed by atoms with Crippen LogP contribution in [0.5, 0.6) is 17.2 Å². The number of amides is 1. The van der Waals surface area contributed by atoms with E-state index in [1.807, 2.05) is 69.3 Å². The number of rotatable bonds is 10. The fourth-order valence-corrected chi connectivity index (χ4v) is 2.94. The molecule has 0 aliphatic carbocycles. The second-order valence-electron chi connectivity index (χ2n) is 6.64. The van der Waals surface area contributed by atoms with E-state index >= 15 is 0 Å². The minimum Gasteiger partial charge on any atom is -0.490 e. The van der Waals surface area contributed by atoms with Gasteiger partial charge in [-0.15, -0.1) is 0 Å². The second kappa shape index (κ2) is 10.4. The fraction of sp³-hybridized carbons (Fsp3) is 0.292. The van der Waals surface area contributed by atoms with E-state index < -0.39 is 0 Å². The molecule has 0 radical (unpaired) electrons. The standard InChI is InChI=1S/C24H27NO5/c1-4-27-21-13-11-18(15-23(21)28-5-2)17(3)25-24(26)22-14-12-20(30-22)16-29-19-9-7-6-8-10-19/h6-15,17H,4-5,16H2,1-3H3,(H,25,26)/t17-/m1/s1. The van der Waals surface area contributed by atoms with Gasteiger partial charge < -0.3 is 23.9 Å². The summed E-state index contributed by atoms with van der Waals surface area (Å²) in [6.45, 7) is 7.10. The molecule has 0 fully saturated rings. The van der Waals surface area contributed by atoms with Gasteiger partial charge in [-0.05, 0) is 62.7 Å². The molecule has 3 rings (SSSR count). The molecule has 0 aliphatic rings. The predicted octanol–water partition coefficient (Wildman–Crippen LogP) is 5.15. The number of carbonyl (C=O) groups is 1. The number of hydrogen-bond donors (Lipinski definition) is 1. The number of para-hydroxylation sites is 1. The lowest BCUT2D eigenvalue weighted by molar-refractivity contribution is 0.0907. The molecule has 3 aromatic rings. The van der Waals surface area contributed by atoms with E-state index in [9.17, 15) is 4.79 Å². The van der Waals surface area contributed by atoms with Gasteiger partial charge >= 0.3 is 0 Å². The van der Waals surface area contributed by atoms with Gasteiger partial charge in [0.2, 0.25) is 0 Å². The molecule has 0 saturated heterocycles. The van der Waals surface area contributed by atoms with Crippen LogP contribution in [0.25, 0.3) is 0 Å². The number of carbonyl (C=O) groups excluding carboxylic acids is 1. The van der Waals surface area contributed by atoms with Crippen molar-refractivity contribution in [2.75, 3.05) is 13.2 Å². The average molecular weight is 409 g/mol. The van der Waals surface area contributed by atoms with Gasteiger partial charge in [0.05, 0.1) is 19.3 Å². The molecule has 2 aromatic carbocycles. The van der Waals surface area contributed by atoms with Crippen LogP contribution in [0.1, 0.15) is 48.7 Å². The van der Waals surface area contributed by atoms with Gasteiger partial charge in [-0.1, -0.05) is 24.3 Å². The Balaban J connectivity index is 1.61. The van der Waals surface area contributed by atoms with Crippen LogP contribution >= 0.6 is 0 Å². The first kappa shape index (κ1) is 21.3. The maximum Gasteiger partial charge on any atom is 0.287 e. The van der Waals surface area contributed by atoms with Gasteiger partial charge in [0.15, 0.2) is 17.3 Å². The molecular formula is C24H27NO5. The molecule has 1 N–H and O–H groups in total. The highest BCUT2D eigenvalue weighted by Gasteiger charge is 2.17. The van der Waals surface area contributed by atoms with E-state index in [0.29, 0.717) is 30.5 Å². The number of furan rings is 1. The Bertz CT molecular complexity index is 951. The SMILES string of the molecule is CCOc1ccc([C@@H](C)NC(=O)c2ccc(COc3ccccc3)o2)cc1OCC. The molecule has 1 aromatic heterocycles. The lowest BCUT2D eigenvalue weighted by Gasteiger charge is -2.17. The zero-order valence-electron chi connectivity index (χ0n) is 17.5. The summed E-state index contributed by atoms with van der Waals surface area (Å²) in [4.78, 5) is 12.6. The largest absolute Gasteiger partial charge is 0.490 e. The van der Waals surface area contributed by atoms with Gasteiger partial charge in [-0.3, -0.25) is 4.79 Å². The average Bonchev–Trinajstić information content (AvgIpc) is 3.24. The van der Waals surface area contributed by atoms with Crippen LogP contribution in [0.15, 0.2) is 65.1 Å². The monoisotopic (exact) mass is 409 g/mol. The molecule has 0 saturated carbocycles. The Morgan fingerprint density at radius 2 is 1.67 bits per heavy atom. The molecule has 0 spiro atoms. The van der Waals surface area contributed by atoms with Crippen molar-refractivity contribution >= 4 is 5.91 Å².